The first-order chi connectivity index (χ1) is 27.1. The Morgan fingerprint density at radius 1 is 0.982 bits per heavy atom. The number of rotatable bonds is 12. The molecule has 2 aromatic heterocycles. The summed E-state index contributed by atoms with van der Waals surface area (Å²) < 4.78 is 85.4. The second-order valence-electron chi connectivity index (χ2n) is 14.4. The average molecular weight is 820 g/mol. The SMILES string of the molecule is CC(C)(C)OC(=O)N(CCC1CCNCC1)Cc1cc(-c2cc(-c3cccc(C(F)(F)F)c3)ccc2Oc2ccc(S(=O)(=O)Nc3ncns3)cc2C#N)ccn1. The number of nitrogens with one attached hydrogen (secondary N) is 2. The molecule has 0 spiro atoms. The number of carbonyl (C=O) groups excluding carboxylic acids is 1. The summed E-state index contributed by atoms with van der Waals surface area (Å²) in [6.45, 7) is 7.82. The van der Waals surface area contributed by atoms with E-state index in [1.807, 2.05) is 6.07 Å². The van der Waals surface area contributed by atoms with Gasteiger partial charge in [0.05, 0.1) is 28.3 Å². The third-order valence-electron chi connectivity index (χ3n) is 9.09. The highest BCUT2D eigenvalue weighted by molar-refractivity contribution is 7.93. The number of anilines is 1. The highest BCUT2D eigenvalue weighted by Gasteiger charge is 2.31. The molecule has 0 bridgehead atoms. The van der Waals surface area contributed by atoms with Crippen LogP contribution in [0.5, 0.6) is 11.5 Å². The molecule has 0 aliphatic carbocycles. The molecule has 298 valence electrons. The first kappa shape index (κ1) is 41.1. The number of carbonyl (C=O) groups is 1. The van der Waals surface area contributed by atoms with Gasteiger partial charge in [0.1, 0.15) is 29.5 Å². The van der Waals surface area contributed by atoms with Gasteiger partial charge in [-0.25, -0.2) is 18.2 Å². The van der Waals surface area contributed by atoms with E-state index in [9.17, 15) is 31.6 Å². The Hall–Kier alpha value is -5.57. The summed E-state index contributed by atoms with van der Waals surface area (Å²) in [4.78, 5) is 23.3. The molecule has 1 amide bonds. The smallest absolute Gasteiger partial charge is 0.416 e. The molecule has 17 heteroatoms. The van der Waals surface area contributed by atoms with Crippen molar-refractivity contribution in [3.05, 3.63) is 102 Å². The van der Waals surface area contributed by atoms with Crippen LogP contribution in [0.3, 0.4) is 0 Å². The van der Waals surface area contributed by atoms with Crippen molar-refractivity contribution in [2.75, 3.05) is 24.4 Å². The summed E-state index contributed by atoms with van der Waals surface area (Å²) in [6, 6.07) is 19.0. The predicted molar refractivity (Wildman–Crippen MR) is 209 cm³/mol. The van der Waals surface area contributed by atoms with Crippen LogP contribution in [-0.4, -0.2) is 59.0 Å². The maximum absolute atomic E-state index is 13.7. The summed E-state index contributed by atoms with van der Waals surface area (Å²) in [5.74, 6) is 0.702. The highest BCUT2D eigenvalue weighted by Crippen LogP contribution is 2.40. The lowest BCUT2D eigenvalue weighted by Crippen LogP contribution is -2.38. The Bertz CT molecular complexity index is 2360. The molecule has 0 atom stereocenters. The zero-order valence-corrected chi connectivity index (χ0v) is 33.0. The zero-order valence-electron chi connectivity index (χ0n) is 31.3. The summed E-state index contributed by atoms with van der Waals surface area (Å²) >= 11 is 0.847. The summed E-state index contributed by atoms with van der Waals surface area (Å²) in [5.41, 5.74) is 0.634. The van der Waals surface area contributed by atoms with E-state index in [0.29, 0.717) is 40.4 Å². The number of hydrogen-bond acceptors (Lipinski definition) is 11. The van der Waals surface area contributed by atoms with Crippen LogP contribution in [0.25, 0.3) is 22.3 Å². The van der Waals surface area contributed by atoms with Gasteiger partial charge in [-0.2, -0.15) is 22.8 Å². The van der Waals surface area contributed by atoms with Crippen molar-refractivity contribution in [2.24, 2.45) is 5.92 Å². The lowest BCUT2D eigenvalue weighted by Gasteiger charge is -2.29. The molecular formula is C40H40F3N7O5S2. The number of pyridine rings is 1. The Morgan fingerprint density at radius 3 is 2.44 bits per heavy atom. The van der Waals surface area contributed by atoms with Gasteiger partial charge in [-0.1, -0.05) is 18.2 Å². The van der Waals surface area contributed by atoms with Crippen LogP contribution < -0.4 is 14.8 Å². The number of piperidine rings is 1. The molecule has 6 rings (SSSR count). The summed E-state index contributed by atoms with van der Waals surface area (Å²) in [6.07, 6.45) is 0.536. The number of alkyl halides is 3. The van der Waals surface area contributed by atoms with Gasteiger partial charge in [0.2, 0.25) is 5.13 Å². The van der Waals surface area contributed by atoms with E-state index >= 15 is 0 Å². The van der Waals surface area contributed by atoms with E-state index in [2.05, 4.69) is 24.4 Å². The number of nitriles is 1. The normalized spacial score (nSPS) is 13.8. The van der Waals surface area contributed by atoms with Gasteiger partial charge in [0, 0.05) is 29.8 Å². The van der Waals surface area contributed by atoms with Crippen LogP contribution in [0.15, 0.2) is 90.2 Å². The standard InChI is InChI=1S/C40H40F3N7O5S2/c1-39(2,3)55-38(51)50(18-14-26-11-15-45-16-12-26)24-32-20-29(13-17-46-32)34-22-28(27-5-4-6-31(19-27)40(41,42)43)7-9-36(34)54-35-10-8-33(21-30(35)23-44)57(52,53)49-37-47-25-48-56-37/h4-10,13,17,19-22,25-26,45H,11-12,14-16,18,24H2,1-3H3,(H,47,48,49). The number of sulfonamides is 1. The molecule has 1 fully saturated rings. The second kappa shape index (κ2) is 17.3. The molecular weight excluding hydrogens is 780 g/mol. The summed E-state index contributed by atoms with van der Waals surface area (Å²) in [7, 11) is -4.12. The van der Waals surface area contributed by atoms with Crippen molar-refractivity contribution in [3.8, 4) is 39.8 Å². The van der Waals surface area contributed by atoms with Crippen LogP contribution in [0, 0.1) is 17.2 Å². The molecule has 57 heavy (non-hydrogen) atoms. The van der Waals surface area contributed by atoms with E-state index < -0.39 is 33.5 Å². The maximum Gasteiger partial charge on any atom is 0.416 e. The topological polar surface area (TPSA) is 159 Å². The lowest BCUT2D eigenvalue weighted by atomic mass is 9.94. The molecule has 5 aromatic rings. The third kappa shape index (κ3) is 10.8. The first-order valence-corrected chi connectivity index (χ1v) is 20.3. The predicted octanol–water partition coefficient (Wildman–Crippen LogP) is 8.88. The Morgan fingerprint density at radius 2 is 1.74 bits per heavy atom. The van der Waals surface area contributed by atoms with Crippen molar-refractivity contribution >= 4 is 32.8 Å². The van der Waals surface area contributed by atoms with Crippen molar-refractivity contribution in [3.63, 3.8) is 0 Å². The number of aromatic nitrogens is 3. The molecule has 3 heterocycles. The quantitative estimate of drug-likeness (QED) is 0.125. The van der Waals surface area contributed by atoms with Crippen LogP contribution in [0.2, 0.25) is 0 Å². The third-order valence-corrected chi connectivity index (χ3v) is 11.1. The first-order valence-electron chi connectivity index (χ1n) is 18.0. The van der Waals surface area contributed by atoms with Crippen molar-refractivity contribution < 1.29 is 35.9 Å². The van der Waals surface area contributed by atoms with Crippen molar-refractivity contribution in [1.82, 2.24) is 24.6 Å². The molecule has 0 unspecified atom stereocenters. The van der Waals surface area contributed by atoms with Crippen LogP contribution >= 0.6 is 11.5 Å². The van der Waals surface area contributed by atoms with Crippen LogP contribution in [-0.2, 0) is 27.5 Å². The largest absolute Gasteiger partial charge is 0.455 e. The zero-order chi connectivity index (χ0) is 40.8. The minimum atomic E-state index is -4.56. The fourth-order valence-electron chi connectivity index (χ4n) is 6.26. The molecule has 1 aliphatic heterocycles. The van der Waals surface area contributed by atoms with Crippen molar-refractivity contribution in [1.29, 1.82) is 5.26 Å². The minimum Gasteiger partial charge on any atom is -0.455 e. The van der Waals surface area contributed by atoms with E-state index in [1.54, 1.807) is 68.3 Å². The lowest BCUT2D eigenvalue weighted by molar-refractivity contribution is -0.137. The van der Waals surface area contributed by atoms with E-state index in [-0.39, 0.29) is 33.6 Å². The minimum absolute atomic E-state index is 0.0312. The van der Waals surface area contributed by atoms with Gasteiger partial charge in [0.15, 0.2) is 0 Å². The van der Waals surface area contributed by atoms with Gasteiger partial charge in [0.25, 0.3) is 10.0 Å². The van der Waals surface area contributed by atoms with E-state index in [4.69, 9.17) is 9.47 Å². The number of amides is 1. The molecule has 12 nitrogen and oxygen atoms in total. The molecule has 0 radical (unpaired) electrons. The fourth-order valence-corrected chi connectivity index (χ4v) is 7.95. The Labute approximate surface area is 332 Å². The Balaban J connectivity index is 1.37. The van der Waals surface area contributed by atoms with Gasteiger partial charge in [-0.15, -0.1) is 0 Å². The molecule has 0 saturated carbocycles. The van der Waals surface area contributed by atoms with Gasteiger partial charge in [-0.05, 0) is 130 Å². The number of benzene rings is 3. The Kier molecular flexibility index (Phi) is 12.5. The number of ether oxygens (including phenoxy) is 2. The highest BCUT2D eigenvalue weighted by atomic mass is 32.2. The molecule has 1 aliphatic rings. The van der Waals surface area contributed by atoms with Crippen LogP contribution in [0.1, 0.15) is 56.9 Å². The molecule has 2 N–H and O–H groups in total. The second-order valence-corrected chi connectivity index (χ2v) is 16.9. The van der Waals surface area contributed by atoms with Gasteiger partial charge >= 0.3 is 12.3 Å². The van der Waals surface area contributed by atoms with Crippen LogP contribution in [0.4, 0.5) is 23.1 Å². The average Bonchev–Trinajstić information content (AvgIpc) is 3.68. The molecule has 3 aromatic carbocycles. The maximum atomic E-state index is 13.7. The number of nitrogens with zero attached hydrogens (tertiary/aromatic N) is 5. The monoisotopic (exact) mass is 819 g/mol. The van der Waals surface area contributed by atoms with Gasteiger partial charge in [-0.3, -0.25) is 9.71 Å². The summed E-state index contributed by atoms with van der Waals surface area (Å²) in [5, 5.41) is 13.5. The number of hydrogen-bond donors (Lipinski definition) is 2. The van der Waals surface area contributed by atoms with E-state index in [0.717, 1.165) is 62.1 Å². The number of halogens is 3. The van der Waals surface area contributed by atoms with Crippen molar-refractivity contribution in [2.45, 2.75) is 63.3 Å². The fraction of sp³-hybridized carbons (Fsp3) is 0.325. The van der Waals surface area contributed by atoms with Gasteiger partial charge < -0.3 is 19.7 Å². The van der Waals surface area contributed by atoms with E-state index in [1.165, 1.54) is 24.5 Å². The molecule has 1 saturated heterocycles.